The van der Waals surface area contributed by atoms with E-state index < -0.39 is 0 Å². The van der Waals surface area contributed by atoms with E-state index in [1.807, 2.05) is 0 Å². The van der Waals surface area contributed by atoms with E-state index in [0.717, 1.165) is 12.8 Å². The van der Waals surface area contributed by atoms with Crippen molar-refractivity contribution in [2.75, 3.05) is 0 Å². The summed E-state index contributed by atoms with van der Waals surface area (Å²) in [6.45, 7) is 2.28. The van der Waals surface area contributed by atoms with E-state index in [2.05, 4.69) is 85.8 Å². The fourth-order valence-electron chi connectivity index (χ4n) is 3.67. The Kier molecular flexibility index (Phi) is 7.71. The smallest absolute Gasteiger partial charge is 0.00257 e. The van der Waals surface area contributed by atoms with E-state index in [0.29, 0.717) is 0 Å². The highest BCUT2D eigenvalue weighted by Crippen LogP contribution is 2.16. The highest BCUT2D eigenvalue weighted by Gasteiger charge is 2.01. The molecule has 0 aliphatic heterocycles. The molecule has 0 aliphatic rings. The second-order valence-corrected chi connectivity index (χ2v) is 7.64. The summed E-state index contributed by atoms with van der Waals surface area (Å²) < 4.78 is 0. The average Bonchev–Trinajstić information content (AvgIpc) is 2.70. The van der Waals surface area contributed by atoms with Crippen molar-refractivity contribution < 1.29 is 0 Å². The lowest BCUT2D eigenvalue weighted by atomic mass is 9.98. The van der Waals surface area contributed by atoms with Gasteiger partial charge in [0.2, 0.25) is 0 Å². The van der Waals surface area contributed by atoms with Crippen LogP contribution in [0.15, 0.2) is 78.9 Å². The lowest BCUT2D eigenvalue weighted by Gasteiger charge is -2.07. The Balaban J connectivity index is 1.53. The van der Waals surface area contributed by atoms with Crippen molar-refractivity contribution in [2.24, 2.45) is 0 Å². The lowest BCUT2D eigenvalue weighted by molar-refractivity contribution is 0.632. The van der Waals surface area contributed by atoms with Crippen LogP contribution in [0.3, 0.4) is 0 Å². The SMILES string of the molecule is CCCCCCCc1cccc(Cc2ccc(Cc3ccccc3)cc2)c1. The van der Waals surface area contributed by atoms with Crippen LogP contribution in [0.4, 0.5) is 0 Å². The van der Waals surface area contributed by atoms with Crippen LogP contribution in [0.1, 0.15) is 66.8 Å². The molecular formula is C27H32. The standard InChI is InChI=1S/C27H32/c1-2-3-4-5-7-11-24-14-10-15-27(21-24)22-26-18-16-25(17-19-26)20-23-12-8-6-9-13-23/h6,8-10,12-19,21H,2-5,7,11,20,22H2,1H3. The Hall–Kier alpha value is -2.34. The number of hydrogen-bond donors (Lipinski definition) is 0. The molecule has 0 spiro atoms. The van der Waals surface area contributed by atoms with Crippen LogP contribution in [-0.4, -0.2) is 0 Å². The number of rotatable bonds is 10. The van der Waals surface area contributed by atoms with Gasteiger partial charge in [-0.05, 0) is 53.5 Å². The van der Waals surface area contributed by atoms with Gasteiger partial charge in [-0.2, -0.15) is 0 Å². The highest BCUT2D eigenvalue weighted by molar-refractivity contribution is 5.33. The van der Waals surface area contributed by atoms with Crippen molar-refractivity contribution >= 4 is 0 Å². The summed E-state index contributed by atoms with van der Waals surface area (Å²) in [5, 5.41) is 0. The summed E-state index contributed by atoms with van der Waals surface area (Å²) in [6, 6.07) is 29.0. The summed E-state index contributed by atoms with van der Waals surface area (Å²) in [5.74, 6) is 0. The van der Waals surface area contributed by atoms with E-state index in [1.54, 1.807) is 0 Å². The van der Waals surface area contributed by atoms with Crippen molar-refractivity contribution in [2.45, 2.75) is 58.3 Å². The number of hydrogen-bond acceptors (Lipinski definition) is 0. The van der Waals surface area contributed by atoms with Gasteiger partial charge in [-0.3, -0.25) is 0 Å². The minimum Gasteiger partial charge on any atom is -0.0654 e. The van der Waals surface area contributed by atoms with E-state index in [4.69, 9.17) is 0 Å². The van der Waals surface area contributed by atoms with E-state index in [-0.39, 0.29) is 0 Å². The summed E-state index contributed by atoms with van der Waals surface area (Å²) in [6.07, 6.45) is 10.0. The zero-order valence-electron chi connectivity index (χ0n) is 16.7. The number of unbranched alkanes of at least 4 members (excludes halogenated alkanes) is 4. The molecular weight excluding hydrogens is 324 g/mol. The van der Waals surface area contributed by atoms with E-state index in [1.165, 1.54) is 66.3 Å². The lowest BCUT2D eigenvalue weighted by Crippen LogP contribution is -1.93. The molecule has 140 valence electrons. The molecule has 0 nitrogen and oxygen atoms in total. The summed E-state index contributed by atoms with van der Waals surface area (Å²) in [5.41, 5.74) is 7.07. The topological polar surface area (TPSA) is 0 Å². The van der Waals surface area contributed by atoms with Crippen LogP contribution in [0, 0.1) is 0 Å². The van der Waals surface area contributed by atoms with Gasteiger partial charge in [-0.25, -0.2) is 0 Å². The van der Waals surface area contributed by atoms with Crippen molar-refractivity contribution in [3.8, 4) is 0 Å². The van der Waals surface area contributed by atoms with Gasteiger partial charge in [0.05, 0.1) is 0 Å². The van der Waals surface area contributed by atoms with Gasteiger partial charge in [-0.1, -0.05) is 111 Å². The monoisotopic (exact) mass is 356 g/mol. The molecule has 0 atom stereocenters. The molecule has 3 aromatic rings. The molecule has 3 rings (SSSR count). The molecule has 0 saturated heterocycles. The molecule has 0 N–H and O–H groups in total. The third-order valence-electron chi connectivity index (χ3n) is 5.24. The van der Waals surface area contributed by atoms with Gasteiger partial charge in [0, 0.05) is 0 Å². The molecule has 0 aliphatic carbocycles. The fraction of sp³-hybridized carbons (Fsp3) is 0.333. The van der Waals surface area contributed by atoms with Crippen molar-refractivity contribution in [1.29, 1.82) is 0 Å². The van der Waals surface area contributed by atoms with Crippen LogP contribution < -0.4 is 0 Å². The first-order chi connectivity index (χ1) is 13.3. The maximum absolute atomic E-state index is 2.40. The molecule has 3 aromatic carbocycles. The van der Waals surface area contributed by atoms with E-state index in [9.17, 15) is 0 Å². The quantitative estimate of drug-likeness (QED) is 0.332. The van der Waals surface area contributed by atoms with Gasteiger partial charge < -0.3 is 0 Å². The molecule has 0 heteroatoms. The average molecular weight is 357 g/mol. The van der Waals surface area contributed by atoms with Crippen LogP contribution in [0.2, 0.25) is 0 Å². The van der Waals surface area contributed by atoms with Gasteiger partial charge in [0.25, 0.3) is 0 Å². The predicted octanol–water partition coefficient (Wildman–Crippen LogP) is 7.38. The minimum atomic E-state index is 1.01. The highest BCUT2D eigenvalue weighted by atomic mass is 14.1. The molecule has 0 heterocycles. The largest absolute Gasteiger partial charge is 0.0654 e. The molecule has 0 aromatic heterocycles. The van der Waals surface area contributed by atoms with Gasteiger partial charge in [-0.15, -0.1) is 0 Å². The van der Waals surface area contributed by atoms with E-state index >= 15 is 0 Å². The Labute approximate surface area is 165 Å². The number of aryl methyl sites for hydroxylation is 1. The molecule has 0 amide bonds. The first kappa shape index (κ1) is 19.4. The molecule has 0 saturated carbocycles. The first-order valence-corrected chi connectivity index (χ1v) is 10.5. The van der Waals surface area contributed by atoms with Crippen molar-refractivity contribution in [3.05, 3.63) is 107 Å². The zero-order chi connectivity index (χ0) is 18.7. The molecule has 0 fully saturated rings. The molecule has 0 unspecified atom stereocenters. The zero-order valence-corrected chi connectivity index (χ0v) is 16.7. The maximum Gasteiger partial charge on any atom is -0.00257 e. The molecule has 0 radical (unpaired) electrons. The maximum atomic E-state index is 2.40. The van der Waals surface area contributed by atoms with Crippen LogP contribution in [-0.2, 0) is 19.3 Å². The van der Waals surface area contributed by atoms with Gasteiger partial charge in [0.1, 0.15) is 0 Å². The second kappa shape index (κ2) is 10.7. The van der Waals surface area contributed by atoms with Crippen molar-refractivity contribution in [1.82, 2.24) is 0 Å². The Morgan fingerprint density at radius 2 is 1.04 bits per heavy atom. The fourth-order valence-corrected chi connectivity index (χ4v) is 3.67. The minimum absolute atomic E-state index is 1.01. The third-order valence-corrected chi connectivity index (χ3v) is 5.24. The summed E-state index contributed by atoms with van der Waals surface area (Å²) in [7, 11) is 0. The predicted molar refractivity (Wildman–Crippen MR) is 117 cm³/mol. The first-order valence-electron chi connectivity index (χ1n) is 10.5. The molecule has 27 heavy (non-hydrogen) atoms. The van der Waals surface area contributed by atoms with Crippen LogP contribution in [0.25, 0.3) is 0 Å². The van der Waals surface area contributed by atoms with Gasteiger partial charge in [0.15, 0.2) is 0 Å². The normalized spacial score (nSPS) is 10.9. The second-order valence-electron chi connectivity index (χ2n) is 7.64. The van der Waals surface area contributed by atoms with Gasteiger partial charge >= 0.3 is 0 Å². The Morgan fingerprint density at radius 3 is 1.74 bits per heavy atom. The summed E-state index contributed by atoms with van der Waals surface area (Å²) >= 11 is 0. The summed E-state index contributed by atoms with van der Waals surface area (Å²) in [4.78, 5) is 0. The van der Waals surface area contributed by atoms with Crippen molar-refractivity contribution in [3.63, 3.8) is 0 Å². The Bertz CT molecular complexity index is 784. The van der Waals surface area contributed by atoms with Crippen LogP contribution >= 0.6 is 0 Å². The van der Waals surface area contributed by atoms with Crippen LogP contribution in [0.5, 0.6) is 0 Å². The third kappa shape index (κ3) is 6.71. The Morgan fingerprint density at radius 1 is 0.481 bits per heavy atom. The molecule has 0 bridgehead atoms. The number of benzene rings is 3.